The van der Waals surface area contributed by atoms with Crippen molar-refractivity contribution in [1.29, 1.82) is 0 Å². The second kappa shape index (κ2) is 4.53. The number of aromatic nitrogens is 1. The summed E-state index contributed by atoms with van der Waals surface area (Å²) in [4.78, 5) is 15.5. The van der Waals surface area contributed by atoms with Crippen molar-refractivity contribution >= 4 is 5.78 Å². The lowest BCUT2D eigenvalue weighted by Crippen LogP contribution is -2.25. The first kappa shape index (κ1) is 10.3. The van der Waals surface area contributed by atoms with Crippen LogP contribution in [-0.4, -0.2) is 15.9 Å². The van der Waals surface area contributed by atoms with Gasteiger partial charge in [0.15, 0.2) is 0 Å². The Balaban J connectivity index is 2.13. The van der Waals surface area contributed by atoms with Gasteiger partial charge in [-0.1, -0.05) is 6.42 Å². The number of hydrogen-bond donors (Lipinski definition) is 1. The fourth-order valence-corrected chi connectivity index (χ4v) is 2.14. The Kier molecular flexibility index (Phi) is 3.11. The summed E-state index contributed by atoms with van der Waals surface area (Å²) in [6.07, 6.45) is 6.07. The van der Waals surface area contributed by atoms with Gasteiger partial charge in [0, 0.05) is 24.7 Å². The molecular weight excluding hydrogens is 190 g/mol. The van der Waals surface area contributed by atoms with Crippen LogP contribution in [-0.2, 0) is 4.79 Å². The Morgan fingerprint density at radius 1 is 1.33 bits per heavy atom. The summed E-state index contributed by atoms with van der Waals surface area (Å²) in [6.45, 7) is 0. The second-order valence-corrected chi connectivity index (χ2v) is 4.04. The van der Waals surface area contributed by atoms with Crippen molar-refractivity contribution < 1.29 is 9.90 Å². The molecule has 1 aromatic rings. The molecule has 1 aliphatic carbocycles. The average Bonchev–Trinajstić information content (AvgIpc) is 2.30. The second-order valence-electron chi connectivity index (χ2n) is 4.04. The van der Waals surface area contributed by atoms with Crippen LogP contribution in [0.1, 0.15) is 37.4 Å². The van der Waals surface area contributed by atoms with Crippen LogP contribution in [0.25, 0.3) is 0 Å². The number of Topliss-reactive ketones (excluding diaryl/α,β-unsaturated/α-hetero) is 1. The minimum atomic E-state index is -0.652. The number of aliphatic hydroxyl groups excluding tert-OH is 1. The number of rotatable bonds is 2. The molecule has 80 valence electrons. The van der Waals surface area contributed by atoms with Crippen LogP contribution in [0.15, 0.2) is 24.5 Å². The van der Waals surface area contributed by atoms with Crippen LogP contribution in [0.3, 0.4) is 0 Å². The summed E-state index contributed by atoms with van der Waals surface area (Å²) in [7, 11) is 0. The molecule has 2 rings (SSSR count). The third-order valence-corrected chi connectivity index (χ3v) is 3.03. The molecule has 2 atom stereocenters. The van der Waals surface area contributed by atoms with Gasteiger partial charge in [-0.05, 0) is 30.5 Å². The molecule has 1 aromatic heterocycles. The molecule has 0 aromatic carbocycles. The molecule has 0 amide bonds. The fourth-order valence-electron chi connectivity index (χ4n) is 2.14. The van der Waals surface area contributed by atoms with Crippen LogP contribution in [0.4, 0.5) is 0 Å². The predicted molar refractivity (Wildman–Crippen MR) is 56.2 cm³/mol. The first-order chi connectivity index (χ1) is 7.29. The van der Waals surface area contributed by atoms with Gasteiger partial charge in [-0.15, -0.1) is 0 Å². The Morgan fingerprint density at radius 3 is 2.73 bits per heavy atom. The highest BCUT2D eigenvalue weighted by Gasteiger charge is 2.29. The summed E-state index contributed by atoms with van der Waals surface area (Å²) in [6, 6.07) is 3.54. The summed E-state index contributed by atoms with van der Waals surface area (Å²) in [5, 5.41) is 10.1. The van der Waals surface area contributed by atoms with Gasteiger partial charge in [-0.25, -0.2) is 0 Å². The van der Waals surface area contributed by atoms with Crippen molar-refractivity contribution in [2.75, 3.05) is 0 Å². The van der Waals surface area contributed by atoms with E-state index in [0.29, 0.717) is 6.42 Å². The summed E-state index contributed by atoms with van der Waals surface area (Å²) in [5.74, 6) is -0.00767. The van der Waals surface area contributed by atoms with Crippen molar-refractivity contribution in [3.05, 3.63) is 30.1 Å². The molecule has 0 unspecified atom stereocenters. The molecule has 1 saturated carbocycles. The van der Waals surface area contributed by atoms with E-state index in [2.05, 4.69) is 4.98 Å². The molecule has 3 heteroatoms. The smallest absolute Gasteiger partial charge is 0.138 e. The van der Waals surface area contributed by atoms with E-state index in [0.717, 1.165) is 24.8 Å². The van der Waals surface area contributed by atoms with Gasteiger partial charge < -0.3 is 5.11 Å². The third-order valence-electron chi connectivity index (χ3n) is 3.03. The number of hydrogen-bond acceptors (Lipinski definition) is 3. The zero-order chi connectivity index (χ0) is 10.7. The molecule has 1 N–H and O–H groups in total. The maximum absolute atomic E-state index is 11.6. The van der Waals surface area contributed by atoms with Crippen LogP contribution >= 0.6 is 0 Å². The highest BCUT2D eigenvalue weighted by molar-refractivity contribution is 5.82. The van der Waals surface area contributed by atoms with E-state index in [-0.39, 0.29) is 11.7 Å². The molecule has 1 fully saturated rings. The highest BCUT2D eigenvalue weighted by atomic mass is 16.3. The quantitative estimate of drug-likeness (QED) is 0.802. The molecule has 0 radical (unpaired) electrons. The number of aliphatic hydroxyl groups is 1. The number of carbonyl (C=O) groups excluding carboxylic acids is 1. The molecule has 3 nitrogen and oxygen atoms in total. The fraction of sp³-hybridized carbons (Fsp3) is 0.500. The molecule has 0 aliphatic heterocycles. The number of nitrogens with zero attached hydrogens (tertiary/aromatic N) is 1. The van der Waals surface area contributed by atoms with Gasteiger partial charge in [0.05, 0.1) is 6.10 Å². The van der Waals surface area contributed by atoms with Gasteiger partial charge in [-0.3, -0.25) is 9.78 Å². The standard InChI is InChI=1S/C12H15NO2/c14-11-4-2-1-3-10(11)12(15)9-5-7-13-8-6-9/h5-8,10,12,15H,1-4H2/t10-,12-/m0/s1. The van der Waals surface area contributed by atoms with Crippen molar-refractivity contribution in [2.45, 2.75) is 31.8 Å². The van der Waals surface area contributed by atoms with Gasteiger partial charge in [0.1, 0.15) is 5.78 Å². The molecule has 1 aliphatic rings. The normalized spacial score (nSPS) is 23.8. The molecule has 0 spiro atoms. The summed E-state index contributed by atoms with van der Waals surface area (Å²) >= 11 is 0. The largest absolute Gasteiger partial charge is 0.388 e. The molecular formula is C12H15NO2. The zero-order valence-electron chi connectivity index (χ0n) is 8.60. The van der Waals surface area contributed by atoms with E-state index in [9.17, 15) is 9.90 Å². The van der Waals surface area contributed by atoms with E-state index in [4.69, 9.17) is 0 Å². The Morgan fingerprint density at radius 2 is 2.07 bits per heavy atom. The van der Waals surface area contributed by atoms with Gasteiger partial charge >= 0.3 is 0 Å². The van der Waals surface area contributed by atoms with Crippen molar-refractivity contribution in [2.24, 2.45) is 5.92 Å². The molecule has 0 saturated heterocycles. The number of pyridine rings is 1. The van der Waals surface area contributed by atoms with Gasteiger partial charge in [0.25, 0.3) is 0 Å². The van der Waals surface area contributed by atoms with E-state index in [1.165, 1.54) is 0 Å². The molecule has 15 heavy (non-hydrogen) atoms. The Labute approximate surface area is 89.2 Å². The lowest BCUT2D eigenvalue weighted by molar-refractivity contribution is -0.128. The molecule has 0 bridgehead atoms. The SMILES string of the molecule is O=C1CCCC[C@@H]1[C@@H](O)c1ccncc1. The Bertz CT molecular complexity index is 337. The minimum absolute atomic E-state index is 0.200. The summed E-state index contributed by atoms with van der Waals surface area (Å²) < 4.78 is 0. The average molecular weight is 205 g/mol. The van der Waals surface area contributed by atoms with Gasteiger partial charge in [-0.2, -0.15) is 0 Å². The van der Waals surface area contributed by atoms with Crippen LogP contribution in [0, 0.1) is 5.92 Å². The van der Waals surface area contributed by atoms with Crippen LogP contribution in [0.2, 0.25) is 0 Å². The lowest BCUT2D eigenvalue weighted by atomic mass is 9.82. The first-order valence-corrected chi connectivity index (χ1v) is 5.40. The third kappa shape index (κ3) is 2.23. The topological polar surface area (TPSA) is 50.2 Å². The maximum Gasteiger partial charge on any atom is 0.138 e. The van der Waals surface area contributed by atoms with E-state index >= 15 is 0 Å². The van der Waals surface area contributed by atoms with Crippen molar-refractivity contribution in [1.82, 2.24) is 4.98 Å². The summed E-state index contributed by atoms with van der Waals surface area (Å²) in [5.41, 5.74) is 0.797. The monoisotopic (exact) mass is 205 g/mol. The van der Waals surface area contributed by atoms with E-state index in [1.54, 1.807) is 24.5 Å². The van der Waals surface area contributed by atoms with Crippen molar-refractivity contribution in [3.8, 4) is 0 Å². The predicted octanol–water partition coefficient (Wildman–Crippen LogP) is 1.87. The molecule has 1 heterocycles. The van der Waals surface area contributed by atoms with Gasteiger partial charge in [0.2, 0.25) is 0 Å². The lowest BCUT2D eigenvalue weighted by Gasteiger charge is -2.25. The first-order valence-electron chi connectivity index (χ1n) is 5.40. The highest BCUT2D eigenvalue weighted by Crippen LogP contribution is 2.31. The maximum atomic E-state index is 11.6. The minimum Gasteiger partial charge on any atom is -0.388 e. The zero-order valence-corrected chi connectivity index (χ0v) is 8.60. The number of ketones is 1. The van der Waals surface area contributed by atoms with E-state index < -0.39 is 6.10 Å². The van der Waals surface area contributed by atoms with Crippen molar-refractivity contribution in [3.63, 3.8) is 0 Å². The van der Waals surface area contributed by atoms with E-state index in [1.807, 2.05) is 0 Å². The Hall–Kier alpha value is -1.22. The van der Waals surface area contributed by atoms with Crippen LogP contribution < -0.4 is 0 Å². The van der Waals surface area contributed by atoms with Crippen LogP contribution in [0.5, 0.6) is 0 Å². The number of carbonyl (C=O) groups is 1.